The zero-order valence-electron chi connectivity index (χ0n) is 7.87. The van der Waals surface area contributed by atoms with Crippen LogP contribution in [-0.4, -0.2) is 15.1 Å². The molecular weight excluding hydrogens is 340 g/mol. The minimum atomic E-state index is -0.414. The maximum Gasteiger partial charge on any atom is 0.269 e. The van der Waals surface area contributed by atoms with Gasteiger partial charge in [0.1, 0.15) is 10.3 Å². The Balaban J connectivity index is 2.61. The van der Waals surface area contributed by atoms with Crippen molar-refractivity contribution >= 4 is 31.9 Å². The lowest BCUT2D eigenvalue weighted by Gasteiger charge is -2.02. The van der Waals surface area contributed by atoms with Crippen LogP contribution in [0.3, 0.4) is 0 Å². The van der Waals surface area contributed by atoms with Crippen molar-refractivity contribution < 1.29 is 5.11 Å². The lowest BCUT2D eigenvalue weighted by Crippen LogP contribution is -2.09. The Morgan fingerprint density at radius 1 is 1.31 bits per heavy atom. The van der Waals surface area contributed by atoms with E-state index in [1.165, 1.54) is 0 Å². The molecule has 16 heavy (non-hydrogen) atoms. The average molecular weight is 346 g/mol. The summed E-state index contributed by atoms with van der Waals surface area (Å²) in [6, 6.07) is 7.26. The van der Waals surface area contributed by atoms with Crippen LogP contribution < -0.4 is 5.56 Å². The van der Waals surface area contributed by atoms with E-state index in [9.17, 15) is 9.90 Å². The lowest BCUT2D eigenvalue weighted by atomic mass is 10.2. The van der Waals surface area contributed by atoms with Crippen LogP contribution in [0.2, 0.25) is 0 Å². The molecule has 0 radical (unpaired) electrons. The number of aromatic nitrogens is 2. The first kappa shape index (κ1) is 11.3. The number of nitrogens with zero attached hydrogens (tertiary/aromatic N) is 1. The molecular formula is C10H6Br2N2O2. The van der Waals surface area contributed by atoms with Crippen LogP contribution in [0.25, 0.3) is 11.4 Å². The molecule has 1 aromatic carbocycles. The molecule has 2 rings (SSSR count). The van der Waals surface area contributed by atoms with E-state index < -0.39 is 5.56 Å². The minimum absolute atomic E-state index is 0.0336. The van der Waals surface area contributed by atoms with Gasteiger partial charge in [-0.3, -0.25) is 4.79 Å². The molecule has 0 unspecified atom stereocenters. The van der Waals surface area contributed by atoms with E-state index in [4.69, 9.17) is 0 Å². The van der Waals surface area contributed by atoms with Crippen molar-refractivity contribution in [1.29, 1.82) is 0 Å². The zero-order chi connectivity index (χ0) is 11.7. The fraction of sp³-hybridized carbons (Fsp3) is 0. The molecule has 0 aliphatic heterocycles. The third kappa shape index (κ3) is 2.17. The predicted octanol–water partition coefficient (Wildman–Crippen LogP) is 2.67. The van der Waals surface area contributed by atoms with Crippen LogP contribution in [0.4, 0.5) is 0 Å². The first-order valence-corrected chi connectivity index (χ1v) is 5.91. The van der Waals surface area contributed by atoms with Crippen LogP contribution in [0.15, 0.2) is 38.0 Å². The van der Waals surface area contributed by atoms with Gasteiger partial charge in [-0.15, -0.1) is 0 Å². The highest BCUT2D eigenvalue weighted by Crippen LogP contribution is 2.22. The normalized spacial score (nSPS) is 10.4. The number of aromatic hydroxyl groups is 1. The summed E-state index contributed by atoms with van der Waals surface area (Å²) in [7, 11) is 0. The van der Waals surface area contributed by atoms with Crippen molar-refractivity contribution in [2.24, 2.45) is 0 Å². The van der Waals surface area contributed by atoms with Crippen LogP contribution in [0, 0.1) is 0 Å². The van der Waals surface area contributed by atoms with E-state index in [2.05, 4.69) is 41.8 Å². The van der Waals surface area contributed by atoms with Gasteiger partial charge >= 0.3 is 0 Å². The van der Waals surface area contributed by atoms with Gasteiger partial charge in [-0.05, 0) is 28.1 Å². The number of H-pyrrole nitrogens is 1. The number of halogens is 2. The molecule has 4 nitrogen and oxygen atoms in total. The lowest BCUT2D eigenvalue weighted by molar-refractivity contribution is 0.448. The molecule has 0 amide bonds. The van der Waals surface area contributed by atoms with E-state index in [-0.39, 0.29) is 10.4 Å². The van der Waals surface area contributed by atoms with Gasteiger partial charge in [0.25, 0.3) is 5.56 Å². The maximum atomic E-state index is 11.4. The molecule has 82 valence electrons. The van der Waals surface area contributed by atoms with Crippen LogP contribution in [0.5, 0.6) is 5.88 Å². The third-order valence-electron chi connectivity index (χ3n) is 1.94. The van der Waals surface area contributed by atoms with Crippen molar-refractivity contribution in [3.05, 3.63) is 43.6 Å². The molecule has 0 spiro atoms. The molecule has 0 saturated heterocycles. The van der Waals surface area contributed by atoms with E-state index in [0.29, 0.717) is 11.4 Å². The number of hydrogen-bond donors (Lipinski definition) is 2. The molecule has 0 aliphatic rings. The van der Waals surface area contributed by atoms with Gasteiger partial charge in [-0.2, -0.15) is 4.98 Å². The molecule has 0 saturated carbocycles. The molecule has 2 aromatic rings. The average Bonchev–Trinajstić information content (AvgIpc) is 2.25. The van der Waals surface area contributed by atoms with E-state index in [1.54, 1.807) is 12.1 Å². The maximum absolute atomic E-state index is 11.4. The summed E-state index contributed by atoms with van der Waals surface area (Å²) in [5.41, 5.74) is 0.303. The molecule has 0 atom stereocenters. The highest BCUT2D eigenvalue weighted by atomic mass is 79.9. The Kier molecular flexibility index (Phi) is 3.11. The number of rotatable bonds is 1. The zero-order valence-corrected chi connectivity index (χ0v) is 11.0. The summed E-state index contributed by atoms with van der Waals surface area (Å²) in [5.74, 6) is 0.00530. The fourth-order valence-electron chi connectivity index (χ4n) is 1.22. The largest absolute Gasteiger partial charge is 0.492 e. The topological polar surface area (TPSA) is 66.0 Å². The number of hydrogen-bond acceptors (Lipinski definition) is 3. The second kappa shape index (κ2) is 4.39. The van der Waals surface area contributed by atoms with Crippen molar-refractivity contribution in [2.75, 3.05) is 0 Å². The summed E-state index contributed by atoms with van der Waals surface area (Å²) in [6.45, 7) is 0. The smallest absolute Gasteiger partial charge is 0.269 e. The fourth-order valence-corrected chi connectivity index (χ4v) is 1.81. The summed E-state index contributed by atoms with van der Waals surface area (Å²) in [6.07, 6.45) is 0. The molecule has 1 aromatic heterocycles. The molecule has 0 fully saturated rings. The van der Waals surface area contributed by atoms with Crippen LogP contribution in [-0.2, 0) is 0 Å². The monoisotopic (exact) mass is 344 g/mol. The van der Waals surface area contributed by atoms with Crippen LogP contribution in [0.1, 0.15) is 0 Å². The van der Waals surface area contributed by atoms with Crippen molar-refractivity contribution in [3.8, 4) is 17.3 Å². The Hall–Kier alpha value is -1.14. The third-order valence-corrected chi connectivity index (χ3v) is 3.15. The molecule has 6 heteroatoms. The van der Waals surface area contributed by atoms with Gasteiger partial charge in [0.15, 0.2) is 0 Å². The SMILES string of the molecule is O=c1[nH]c(-c2cccc(Br)c2)nc(O)c1Br. The van der Waals surface area contributed by atoms with E-state index in [1.807, 2.05) is 12.1 Å². The summed E-state index contributed by atoms with van der Waals surface area (Å²) in [4.78, 5) is 17.8. The highest BCUT2D eigenvalue weighted by Gasteiger charge is 2.08. The summed E-state index contributed by atoms with van der Waals surface area (Å²) < 4.78 is 0.904. The molecule has 0 aliphatic carbocycles. The summed E-state index contributed by atoms with van der Waals surface area (Å²) in [5, 5.41) is 9.42. The van der Waals surface area contributed by atoms with Crippen molar-refractivity contribution in [3.63, 3.8) is 0 Å². The Bertz CT molecular complexity index is 596. The van der Waals surface area contributed by atoms with E-state index in [0.717, 1.165) is 4.47 Å². The molecule has 0 bridgehead atoms. The second-order valence-corrected chi connectivity index (χ2v) is 4.77. The molecule has 2 N–H and O–H groups in total. The van der Waals surface area contributed by atoms with Crippen LogP contribution >= 0.6 is 31.9 Å². The van der Waals surface area contributed by atoms with Gasteiger partial charge < -0.3 is 10.1 Å². The van der Waals surface area contributed by atoms with Gasteiger partial charge in [0.2, 0.25) is 5.88 Å². The van der Waals surface area contributed by atoms with Gasteiger partial charge in [-0.1, -0.05) is 28.1 Å². The Morgan fingerprint density at radius 3 is 2.69 bits per heavy atom. The number of nitrogens with one attached hydrogen (secondary N) is 1. The standard InChI is InChI=1S/C10H6Br2N2O2/c11-6-3-1-2-5(4-6)8-13-9(15)7(12)10(16)14-8/h1-4H,(H2,13,14,15,16). The van der Waals surface area contributed by atoms with Gasteiger partial charge in [0.05, 0.1) is 0 Å². The van der Waals surface area contributed by atoms with Crippen molar-refractivity contribution in [1.82, 2.24) is 9.97 Å². The molecule has 1 heterocycles. The Labute approximate surface area is 108 Å². The number of aromatic amines is 1. The Morgan fingerprint density at radius 2 is 2.06 bits per heavy atom. The first-order chi connectivity index (χ1) is 7.58. The first-order valence-electron chi connectivity index (χ1n) is 4.32. The van der Waals surface area contributed by atoms with Gasteiger partial charge in [-0.25, -0.2) is 0 Å². The highest BCUT2D eigenvalue weighted by molar-refractivity contribution is 9.10. The summed E-state index contributed by atoms with van der Waals surface area (Å²) >= 11 is 6.25. The number of benzene rings is 1. The van der Waals surface area contributed by atoms with Crippen molar-refractivity contribution in [2.45, 2.75) is 0 Å². The minimum Gasteiger partial charge on any atom is -0.492 e. The van der Waals surface area contributed by atoms with Gasteiger partial charge in [0, 0.05) is 10.0 Å². The predicted molar refractivity (Wildman–Crippen MR) is 67.4 cm³/mol. The van der Waals surface area contributed by atoms with E-state index >= 15 is 0 Å². The second-order valence-electron chi connectivity index (χ2n) is 3.06. The quantitative estimate of drug-likeness (QED) is 0.835.